The van der Waals surface area contributed by atoms with Crippen LogP contribution in [0.25, 0.3) is 11.3 Å². The molecule has 0 aliphatic carbocycles. The van der Waals surface area contributed by atoms with E-state index in [1.807, 2.05) is 12.1 Å². The molecule has 20 heavy (non-hydrogen) atoms. The zero-order valence-electron chi connectivity index (χ0n) is 11.5. The summed E-state index contributed by atoms with van der Waals surface area (Å²) in [6.45, 7) is 3.38. The van der Waals surface area contributed by atoms with Crippen molar-refractivity contribution in [3.8, 4) is 11.3 Å². The van der Waals surface area contributed by atoms with Gasteiger partial charge in [-0.3, -0.25) is 9.69 Å². The maximum atomic E-state index is 10.7. The maximum Gasteiger partial charge on any atom is 0.185 e. The molecule has 0 N–H and O–H groups in total. The van der Waals surface area contributed by atoms with Crippen molar-refractivity contribution in [2.24, 2.45) is 0 Å². The molecule has 1 aromatic carbocycles. The van der Waals surface area contributed by atoms with Gasteiger partial charge in [0.1, 0.15) is 5.76 Å². The fourth-order valence-corrected chi connectivity index (χ4v) is 2.77. The van der Waals surface area contributed by atoms with E-state index in [1.54, 1.807) is 6.07 Å². The third kappa shape index (κ3) is 2.99. The number of benzene rings is 1. The molecule has 0 saturated carbocycles. The molecule has 0 radical (unpaired) electrons. The third-order valence-electron chi connectivity index (χ3n) is 3.81. The fourth-order valence-electron chi connectivity index (χ4n) is 2.77. The van der Waals surface area contributed by atoms with Gasteiger partial charge in [0.05, 0.1) is 0 Å². The van der Waals surface area contributed by atoms with Crippen molar-refractivity contribution in [2.75, 3.05) is 13.1 Å². The minimum Gasteiger partial charge on any atom is -0.453 e. The number of carbonyl (C=O) groups is 1. The minimum absolute atomic E-state index is 0.376. The summed E-state index contributed by atoms with van der Waals surface area (Å²) < 4.78 is 5.48. The van der Waals surface area contributed by atoms with Gasteiger partial charge in [-0.15, -0.1) is 0 Å². The molecule has 0 amide bonds. The Morgan fingerprint density at radius 2 is 1.95 bits per heavy atom. The second-order valence-electron chi connectivity index (χ2n) is 5.36. The highest BCUT2D eigenvalue weighted by atomic mass is 16.3. The van der Waals surface area contributed by atoms with Gasteiger partial charge in [0, 0.05) is 12.1 Å². The molecular weight excluding hydrogens is 250 g/mol. The number of nitrogens with zero attached hydrogens (tertiary/aromatic N) is 1. The predicted octanol–water partition coefficient (Wildman–Crippen LogP) is 3.75. The number of aldehydes is 1. The Kier molecular flexibility index (Phi) is 3.97. The number of hydrogen-bond acceptors (Lipinski definition) is 3. The third-order valence-corrected chi connectivity index (χ3v) is 3.81. The van der Waals surface area contributed by atoms with E-state index >= 15 is 0 Å². The van der Waals surface area contributed by atoms with Crippen molar-refractivity contribution in [1.82, 2.24) is 4.90 Å². The monoisotopic (exact) mass is 269 g/mol. The van der Waals surface area contributed by atoms with E-state index in [1.165, 1.54) is 37.9 Å². The van der Waals surface area contributed by atoms with Crippen LogP contribution in [0.2, 0.25) is 0 Å². The number of hydrogen-bond donors (Lipinski definition) is 0. The van der Waals surface area contributed by atoms with Crippen LogP contribution in [0.15, 0.2) is 40.8 Å². The second kappa shape index (κ2) is 6.06. The van der Waals surface area contributed by atoms with E-state index in [2.05, 4.69) is 23.1 Å². The first kappa shape index (κ1) is 13.1. The van der Waals surface area contributed by atoms with E-state index in [4.69, 9.17) is 4.42 Å². The quantitative estimate of drug-likeness (QED) is 0.793. The van der Waals surface area contributed by atoms with Crippen molar-refractivity contribution >= 4 is 6.29 Å². The molecular formula is C17H19NO2. The molecule has 0 atom stereocenters. The van der Waals surface area contributed by atoms with Gasteiger partial charge in [-0.1, -0.05) is 24.6 Å². The molecule has 0 spiro atoms. The van der Waals surface area contributed by atoms with Gasteiger partial charge in [-0.05, 0) is 49.7 Å². The van der Waals surface area contributed by atoms with Crippen LogP contribution in [0.3, 0.4) is 0 Å². The van der Waals surface area contributed by atoms with Gasteiger partial charge in [-0.2, -0.15) is 0 Å². The first-order chi connectivity index (χ1) is 9.85. The van der Waals surface area contributed by atoms with Crippen molar-refractivity contribution in [2.45, 2.75) is 25.8 Å². The highest BCUT2D eigenvalue weighted by Gasteiger charge is 2.11. The highest BCUT2D eigenvalue weighted by Crippen LogP contribution is 2.23. The summed E-state index contributed by atoms with van der Waals surface area (Å²) in [6, 6.07) is 11.9. The van der Waals surface area contributed by atoms with Crippen LogP contribution >= 0.6 is 0 Å². The van der Waals surface area contributed by atoms with Crippen molar-refractivity contribution in [3.05, 3.63) is 47.7 Å². The van der Waals surface area contributed by atoms with Crippen LogP contribution in [-0.2, 0) is 6.54 Å². The lowest BCUT2D eigenvalue weighted by Crippen LogP contribution is -2.29. The summed E-state index contributed by atoms with van der Waals surface area (Å²) in [6.07, 6.45) is 4.71. The van der Waals surface area contributed by atoms with Gasteiger partial charge in [-0.25, -0.2) is 0 Å². The average Bonchev–Trinajstić information content (AvgIpc) is 2.98. The summed E-state index contributed by atoms with van der Waals surface area (Å²) >= 11 is 0. The molecule has 1 aliphatic rings. The topological polar surface area (TPSA) is 33.5 Å². The number of piperidine rings is 1. The van der Waals surface area contributed by atoms with E-state index in [-0.39, 0.29) is 0 Å². The smallest absolute Gasteiger partial charge is 0.185 e. The molecule has 2 aromatic rings. The van der Waals surface area contributed by atoms with Gasteiger partial charge in [0.25, 0.3) is 0 Å². The van der Waals surface area contributed by atoms with Crippen molar-refractivity contribution in [1.29, 1.82) is 0 Å². The summed E-state index contributed by atoms with van der Waals surface area (Å²) in [5, 5.41) is 0. The lowest BCUT2D eigenvalue weighted by atomic mass is 10.1. The summed E-state index contributed by atoms with van der Waals surface area (Å²) in [5.74, 6) is 1.13. The van der Waals surface area contributed by atoms with Gasteiger partial charge in [0.2, 0.25) is 0 Å². The maximum absolute atomic E-state index is 10.7. The van der Waals surface area contributed by atoms with Crippen molar-refractivity contribution in [3.63, 3.8) is 0 Å². The normalized spacial score (nSPS) is 16.2. The van der Waals surface area contributed by atoms with Crippen LogP contribution in [0.5, 0.6) is 0 Å². The Morgan fingerprint density at radius 1 is 1.10 bits per heavy atom. The largest absolute Gasteiger partial charge is 0.453 e. The fraction of sp³-hybridized carbons (Fsp3) is 0.353. The zero-order valence-corrected chi connectivity index (χ0v) is 11.5. The van der Waals surface area contributed by atoms with E-state index < -0.39 is 0 Å². The molecule has 1 fully saturated rings. The lowest BCUT2D eigenvalue weighted by Gasteiger charge is -2.26. The number of furan rings is 1. The predicted molar refractivity (Wildman–Crippen MR) is 78.7 cm³/mol. The van der Waals surface area contributed by atoms with Gasteiger partial charge in [0.15, 0.2) is 12.0 Å². The zero-order chi connectivity index (χ0) is 13.8. The number of likely N-dealkylation sites (tertiary alicyclic amines) is 1. The molecule has 1 aromatic heterocycles. The Balaban J connectivity index is 1.76. The number of rotatable bonds is 4. The molecule has 3 nitrogen and oxygen atoms in total. The highest BCUT2D eigenvalue weighted by molar-refractivity contribution is 5.72. The Morgan fingerprint density at radius 3 is 2.70 bits per heavy atom. The van der Waals surface area contributed by atoms with E-state index in [0.29, 0.717) is 5.76 Å². The first-order valence-corrected chi connectivity index (χ1v) is 7.22. The molecule has 2 heterocycles. The molecule has 1 saturated heterocycles. The molecule has 0 unspecified atom stereocenters. The Labute approximate surface area is 119 Å². The van der Waals surface area contributed by atoms with Crippen LogP contribution in [-0.4, -0.2) is 24.3 Å². The van der Waals surface area contributed by atoms with Crippen LogP contribution in [0.4, 0.5) is 0 Å². The first-order valence-electron chi connectivity index (χ1n) is 7.22. The van der Waals surface area contributed by atoms with Crippen LogP contribution in [0.1, 0.15) is 35.4 Å². The summed E-state index contributed by atoms with van der Waals surface area (Å²) in [7, 11) is 0. The van der Waals surface area contributed by atoms with Crippen molar-refractivity contribution < 1.29 is 9.21 Å². The van der Waals surface area contributed by atoms with E-state index in [0.717, 1.165) is 24.2 Å². The molecule has 3 rings (SSSR count). The second-order valence-corrected chi connectivity index (χ2v) is 5.36. The SMILES string of the molecule is O=Cc1ccc(-c2cccc(CN3CCCCC3)c2)o1. The van der Waals surface area contributed by atoms with Crippen LogP contribution in [0, 0.1) is 0 Å². The number of carbonyl (C=O) groups excluding carboxylic acids is 1. The lowest BCUT2D eigenvalue weighted by molar-refractivity contribution is 0.110. The summed E-state index contributed by atoms with van der Waals surface area (Å²) in [5.41, 5.74) is 2.33. The summed E-state index contributed by atoms with van der Waals surface area (Å²) in [4.78, 5) is 13.2. The standard InChI is InChI=1S/C17H19NO2/c19-13-16-7-8-17(20-16)15-6-4-5-14(11-15)12-18-9-2-1-3-10-18/h4-8,11,13H,1-3,9-10,12H2. The van der Waals surface area contributed by atoms with E-state index in [9.17, 15) is 4.79 Å². The molecule has 0 bridgehead atoms. The van der Waals surface area contributed by atoms with Gasteiger partial charge >= 0.3 is 0 Å². The minimum atomic E-state index is 0.376. The Hall–Kier alpha value is -1.87. The van der Waals surface area contributed by atoms with Crippen LogP contribution < -0.4 is 0 Å². The Bertz CT molecular complexity index is 582. The molecule has 3 heteroatoms. The average molecular weight is 269 g/mol. The van der Waals surface area contributed by atoms with Gasteiger partial charge < -0.3 is 4.42 Å². The molecule has 1 aliphatic heterocycles. The molecule has 104 valence electrons.